The number of pyridine rings is 1. The van der Waals surface area contributed by atoms with Crippen LogP contribution in [0, 0.1) is 12.8 Å². The van der Waals surface area contributed by atoms with Gasteiger partial charge >= 0.3 is 0 Å². The zero-order valence-electron chi connectivity index (χ0n) is 12.9. The number of anilines is 1. The van der Waals surface area contributed by atoms with E-state index < -0.39 is 0 Å². The summed E-state index contributed by atoms with van der Waals surface area (Å²) in [4.78, 5) is 6.87. The number of amidine groups is 1. The van der Waals surface area contributed by atoms with Gasteiger partial charge in [-0.15, -0.1) is 0 Å². The maximum Gasteiger partial charge on any atom is 0.170 e. The van der Waals surface area contributed by atoms with E-state index in [-0.39, 0.29) is 5.84 Å². The molecule has 1 aliphatic rings. The van der Waals surface area contributed by atoms with Gasteiger partial charge in [0, 0.05) is 31.0 Å². The first-order valence-corrected chi connectivity index (χ1v) is 7.29. The van der Waals surface area contributed by atoms with Gasteiger partial charge in [-0.25, -0.2) is 4.98 Å². The van der Waals surface area contributed by atoms with Gasteiger partial charge in [0.1, 0.15) is 5.82 Å². The molecule has 0 amide bonds. The van der Waals surface area contributed by atoms with Crippen LogP contribution in [0.25, 0.3) is 0 Å². The highest BCUT2D eigenvalue weighted by molar-refractivity contribution is 5.97. The van der Waals surface area contributed by atoms with E-state index in [1.54, 1.807) is 7.11 Å². The molecule has 1 aromatic rings. The van der Waals surface area contributed by atoms with Gasteiger partial charge in [-0.2, -0.15) is 0 Å². The molecule has 0 radical (unpaired) electrons. The Morgan fingerprint density at radius 2 is 2.29 bits per heavy atom. The Hall–Kier alpha value is -1.82. The third-order valence-electron chi connectivity index (χ3n) is 3.97. The van der Waals surface area contributed by atoms with Crippen molar-refractivity contribution in [1.29, 1.82) is 0 Å². The van der Waals surface area contributed by atoms with Crippen molar-refractivity contribution in [2.24, 2.45) is 16.8 Å². The Balaban J connectivity index is 2.31. The molecule has 3 N–H and O–H groups in total. The van der Waals surface area contributed by atoms with Crippen LogP contribution in [-0.4, -0.2) is 42.3 Å². The molecule has 1 aromatic heterocycles. The lowest BCUT2D eigenvalue weighted by Crippen LogP contribution is -2.38. The van der Waals surface area contributed by atoms with Crippen LogP contribution in [-0.2, 0) is 4.74 Å². The van der Waals surface area contributed by atoms with Gasteiger partial charge in [0.2, 0.25) is 0 Å². The fraction of sp³-hybridized carbons (Fsp3) is 0.600. The molecular weight excluding hydrogens is 268 g/mol. The van der Waals surface area contributed by atoms with E-state index in [0.29, 0.717) is 18.2 Å². The molecule has 0 aliphatic heterocycles. The van der Waals surface area contributed by atoms with E-state index in [0.717, 1.165) is 24.0 Å². The summed E-state index contributed by atoms with van der Waals surface area (Å²) in [6.07, 6.45) is 2.53. The summed E-state index contributed by atoms with van der Waals surface area (Å²) in [6, 6.07) is 4.10. The number of ether oxygens (including phenoxy) is 1. The molecule has 6 heteroatoms. The van der Waals surface area contributed by atoms with E-state index in [1.807, 2.05) is 19.1 Å². The summed E-state index contributed by atoms with van der Waals surface area (Å²) in [5.74, 6) is 1.68. The third-order valence-corrected chi connectivity index (χ3v) is 3.97. The second kappa shape index (κ2) is 6.76. The Labute approximate surface area is 125 Å². The first kappa shape index (κ1) is 15.6. The molecule has 0 saturated heterocycles. The number of nitrogens with zero attached hydrogens (tertiary/aromatic N) is 3. The lowest BCUT2D eigenvalue weighted by Gasteiger charge is -2.31. The molecule has 2 rings (SSSR count). The highest BCUT2D eigenvalue weighted by Gasteiger charge is 2.32. The number of aromatic nitrogens is 1. The van der Waals surface area contributed by atoms with Gasteiger partial charge < -0.3 is 20.6 Å². The largest absolute Gasteiger partial charge is 0.409 e. The molecule has 0 bridgehead atoms. The number of rotatable bonds is 7. The topological polar surface area (TPSA) is 84.0 Å². The lowest BCUT2D eigenvalue weighted by atomic mass is 10.1. The minimum Gasteiger partial charge on any atom is -0.409 e. The summed E-state index contributed by atoms with van der Waals surface area (Å²) in [5, 5.41) is 11.9. The first-order valence-electron chi connectivity index (χ1n) is 7.29. The Bertz CT molecular complexity index is 514. The van der Waals surface area contributed by atoms with Crippen LogP contribution in [0.5, 0.6) is 0 Å². The highest BCUT2D eigenvalue weighted by atomic mass is 16.5. The fourth-order valence-electron chi connectivity index (χ4n) is 2.55. The predicted octanol–water partition coefficient (Wildman–Crippen LogP) is 1.74. The van der Waals surface area contributed by atoms with Crippen LogP contribution in [0.2, 0.25) is 0 Å². The normalized spacial score (nSPS) is 16.8. The summed E-state index contributed by atoms with van der Waals surface area (Å²) in [5.41, 5.74) is 7.24. The van der Waals surface area contributed by atoms with Gasteiger partial charge in [-0.1, -0.05) is 5.16 Å². The zero-order chi connectivity index (χ0) is 15.4. The van der Waals surface area contributed by atoms with Crippen LogP contribution in [0.1, 0.15) is 31.0 Å². The van der Waals surface area contributed by atoms with E-state index in [4.69, 9.17) is 15.7 Å². The molecular formula is C15H24N4O2. The molecule has 6 nitrogen and oxygen atoms in total. The Kier molecular flexibility index (Phi) is 5.01. The lowest BCUT2D eigenvalue weighted by molar-refractivity contribution is 0.202. The fourth-order valence-corrected chi connectivity index (χ4v) is 2.55. The molecule has 1 unspecified atom stereocenters. The van der Waals surface area contributed by atoms with Crippen LogP contribution in [0.3, 0.4) is 0 Å². The van der Waals surface area contributed by atoms with Crippen LogP contribution in [0.4, 0.5) is 5.82 Å². The molecule has 1 atom stereocenters. The minimum absolute atomic E-state index is 0.104. The number of methoxy groups -OCH3 is 1. The van der Waals surface area contributed by atoms with Crippen molar-refractivity contribution in [3.8, 4) is 0 Å². The van der Waals surface area contributed by atoms with Crippen molar-refractivity contribution in [3.63, 3.8) is 0 Å². The van der Waals surface area contributed by atoms with Gasteiger partial charge in [0.15, 0.2) is 5.84 Å². The van der Waals surface area contributed by atoms with Crippen molar-refractivity contribution in [2.45, 2.75) is 32.7 Å². The summed E-state index contributed by atoms with van der Waals surface area (Å²) < 4.78 is 5.22. The summed E-state index contributed by atoms with van der Waals surface area (Å²) in [7, 11) is 1.70. The maximum absolute atomic E-state index is 8.87. The monoisotopic (exact) mass is 292 g/mol. The SMILES string of the molecule is COCCN(c1cc(/C(N)=N/O)cc(C)n1)C(C)C1CC1. The molecule has 1 heterocycles. The van der Waals surface area contributed by atoms with E-state index >= 15 is 0 Å². The average Bonchev–Trinajstić information content (AvgIpc) is 3.30. The zero-order valence-corrected chi connectivity index (χ0v) is 12.9. The average molecular weight is 292 g/mol. The van der Waals surface area contributed by atoms with E-state index in [2.05, 4.69) is 22.0 Å². The molecule has 0 spiro atoms. The number of hydrogen-bond acceptors (Lipinski definition) is 5. The van der Waals surface area contributed by atoms with Gasteiger partial charge in [-0.05, 0) is 44.7 Å². The number of oxime groups is 1. The second-order valence-electron chi connectivity index (χ2n) is 5.60. The highest BCUT2D eigenvalue weighted by Crippen LogP contribution is 2.36. The van der Waals surface area contributed by atoms with Crippen LogP contribution >= 0.6 is 0 Å². The smallest absolute Gasteiger partial charge is 0.170 e. The number of hydrogen-bond donors (Lipinski definition) is 2. The van der Waals surface area contributed by atoms with Crippen molar-refractivity contribution < 1.29 is 9.94 Å². The Morgan fingerprint density at radius 1 is 1.57 bits per heavy atom. The molecule has 1 saturated carbocycles. The van der Waals surface area contributed by atoms with Gasteiger partial charge in [-0.3, -0.25) is 0 Å². The Morgan fingerprint density at radius 3 is 2.86 bits per heavy atom. The number of nitrogens with two attached hydrogens (primary N) is 1. The molecule has 1 fully saturated rings. The molecule has 21 heavy (non-hydrogen) atoms. The van der Waals surface area contributed by atoms with Crippen molar-refractivity contribution >= 4 is 11.7 Å². The molecule has 116 valence electrons. The van der Waals surface area contributed by atoms with Gasteiger partial charge in [0.05, 0.1) is 6.61 Å². The first-order chi connectivity index (χ1) is 10.1. The third kappa shape index (κ3) is 3.85. The quantitative estimate of drug-likeness (QED) is 0.346. The summed E-state index contributed by atoms with van der Waals surface area (Å²) >= 11 is 0. The van der Waals surface area contributed by atoms with Crippen molar-refractivity contribution in [3.05, 3.63) is 23.4 Å². The van der Waals surface area contributed by atoms with Crippen molar-refractivity contribution in [2.75, 3.05) is 25.2 Å². The summed E-state index contributed by atoms with van der Waals surface area (Å²) in [6.45, 7) is 5.56. The standard InChI is InChI=1S/C15H24N4O2/c1-10-8-13(15(16)18-20)9-14(17-10)19(6-7-21-3)11(2)12-4-5-12/h8-9,11-12,20H,4-7H2,1-3H3,(H2,16,18). The number of aryl methyl sites for hydroxylation is 1. The second-order valence-corrected chi connectivity index (χ2v) is 5.60. The van der Waals surface area contributed by atoms with Crippen LogP contribution < -0.4 is 10.6 Å². The van der Waals surface area contributed by atoms with Crippen LogP contribution in [0.15, 0.2) is 17.3 Å². The van der Waals surface area contributed by atoms with Crippen molar-refractivity contribution in [1.82, 2.24) is 4.98 Å². The molecule has 1 aliphatic carbocycles. The van der Waals surface area contributed by atoms with E-state index in [1.165, 1.54) is 12.8 Å². The van der Waals surface area contributed by atoms with E-state index in [9.17, 15) is 0 Å². The molecule has 0 aromatic carbocycles. The van der Waals surface area contributed by atoms with Gasteiger partial charge in [0.25, 0.3) is 0 Å². The minimum atomic E-state index is 0.104. The predicted molar refractivity (Wildman–Crippen MR) is 82.9 cm³/mol. The maximum atomic E-state index is 8.87.